The molecule has 0 saturated heterocycles. The summed E-state index contributed by atoms with van der Waals surface area (Å²) in [6.07, 6.45) is 0. The lowest BCUT2D eigenvalue weighted by atomic mass is 10.0. The Kier molecular flexibility index (Phi) is 4.92. The van der Waals surface area contributed by atoms with Crippen LogP contribution < -0.4 is 5.32 Å². The van der Waals surface area contributed by atoms with Crippen molar-refractivity contribution in [2.45, 2.75) is 6.92 Å². The Hall–Kier alpha value is -2.33. The summed E-state index contributed by atoms with van der Waals surface area (Å²) >= 11 is 14.2. The zero-order valence-corrected chi connectivity index (χ0v) is 16.8. The number of ketones is 1. The number of rotatable bonds is 4. The molecule has 0 aliphatic carbocycles. The van der Waals surface area contributed by atoms with Gasteiger partial charge >= 0.3 is 0 Å². The van der Waals surface area contributed by atoms with Crippen LogP contribution in [-0.2, 0) is 0 Å². The SMILES string of the molecule is Cc1ccccc1Nc1ccc(C(=O)c2c(Cl)sc3ccccc23)c(Cl)c1. The third kappa shape index (κ3) is 3.46. The maximum atomic E-state index is 13.1. The molecule has 4 aromatic rings. The first-order valence-electron chi connectivity index (χ1n) is 8.38. The number of carbonyl (C=O) groups is 1. The molecule has 27 heavy (non-hydrogen) atoms. The highest BCUT2D eigenvalue weighted by Gasteiger charge is 2.21. The van der Waals surface area contributed by atoms with E-state index in [1.54, 1.807) is 12.1 Å². The van der Waals surface area contributed by atoms with Crippen LogP contribution in [0.1, 0.15) is 21.5 Å². The molecule has 5 heteroatoms. The summed E-state index contributed by atoms with van der Waals surface area (Å²) < 4.78 is 1.47. The third-order valence-electron chi connectivity index (χ3n) is 4.42. The van der Waals surface area contributed by atoms with E-state index in [0.717, 1.165) is 27.0 Å². The Morgan fingerprint density at radius 2 is 1.70 bits per heavy atom. The van der Waals surface area contributed by atoms with Crippen LogP contribution in [0.3, 0.4) is 0 Å². The lowest BCUT2D eigenvalue weighted by Crippen LogP contribution is -2.03. The minimum atomic E-state index is -0.162. The zero-order chi connectivity index (χ0) is 19.0. The molecule has 0 aliphatic rings. The topological polar surface area (TPSA) is 29.1 Å². The molecule has 134 valence electrons. The van der Waals surface area contributed by atoms with E-state index in [-0.39, 0.29) is 5.78 Å². The average Bonchev–Trinajstić information content (AvgIpc) is 2.99. The number of aryl methyl sites for hydroxylation is 1. The van der Waals surface area contributed by atoms with Crippen molar-refractivity contribution in [2.24, 2.45) is 0 Å². The molecule has 0 atom stereocenters. The lowest BCUT2D eigenvalue weighted by Gasteiger charge is -2.11. The number of hydrogen-bond donors (Lipinski definition) is 1. The molecular formula is C22H15Cl2NOS. The molecule has 0 unspecified atom stereocenters. The summed E-state index contributed by atoms with van der Waals surface area (Å²) in [4.78, 5) is 13.1. The number of para-hydroxylation sites is 1. The number of halogens is 2. The van der Waals surface area contributed by atoms with Crippen molar-refractivity contribution >= 4 is 61.8 Å². The van der Waals surface area contributed by atoms with Gasteiger partial charge in [0, 0.05) is 27.0 Å². The number of nitrogens with one attached hydrogen (secondary N) is 1. The fourth-order valence-electron chi connectivity index (χ4n) is 3.01. The van der Waals surface area contributed by atoms with Gasteiger partial charge in [-0.2, -0.15) is 0 Å². The molecule has 0 saturated carbocycles. The van der Waals surface area contributed by atoms with Crippen LogP contribution in [0, 0.1) is 6.92 Å². The number of hydrogen-bond acceptors (Lipinski definition) is 3. The molecular weight excluding hydrogens is 397 g/mol. The second-order valence-electron chi connectivity index (χ2n) is 6.21. The maximum absolute atomic E-state index is 13.1. The quantitative estimate of drug-likeness (QED) is 0.352. The Bertz CT molecular complexity index is 1170. The first kappa shape index (κ1) is 18.1. The smallest absolute Gasteiger partial charge is 0.197 e. The summed E-state index contributed by atoms with van der Waals surface area (Å²) in [5.74, 6) is -0.162. The standard InChI is InChI=1S/C22H15Cl2NOS/c1-13-6-2-4-8-18(13)25-14-10-11-15(17(23)12-14)21(26)20-16-7-3-5-9-19(16)27-22(20)24/h2-12,25H,1H3. The van der Waals surface area contributed by atoms with Crippen molar-refractivity contribution in [3.05, 3.63) is 92.8 Å². The first-order valence-corrected chi connectivity index (χ1v) is 9.96. The summed E-state index contributed by atoms with van der Waals surface area (Å²) in [7, 11) is 0. The first-order chi connectivity index (χ1) is 13.0. The molecule has 4 rings (SSSR count). The summed E-state index contributed by atoms with van der Waals surface area (Å²) in [6.45, 7) is 2.03. The van der Waals surface area contributed by atoms with Crippen LogP contribution in [0.5, 0.6) is 0 Å². The summed E-state index contributed by atoms with van der Waals surface area (Å²) in [5, 5.41) is 4.59. The third-order valence-corrected chi connectivity index (χ3v) is 6.11. The van der Waals surface area contributed by atoms with Gasteiger partial charge in [0.25, 0.3) is 0 Å². The summed E-state index contributed by atoms with van der Waals surface area (Å²) in [5.41, 5.74) is 3.91. The maximum Gasteiger partial charge on any atom is 0.197 e. The lowest BCUT2D eigenvalue weighted by molar-refractivity contribution is 0.104. The summed E-state index contributed by atoms with van der Waals surface area (Å²) in [6, 6.07) is 21.1. The van der Waals surface area contributed by atoms with E-state index >= 15 is 0 Å². The van der Waals surface area contributed by atoms with Crippen LogP contribution >= 0.6 is 34.5 Å². The molecule has 1 aromatic heterocycles. The van der Waals surface area contributed by atoms with Crippen molar-refractivity contribution in [3.63, 3.8) is 0 Å². The van der Waals surface area contributed by atoms with Crippen LogP contribution in [0.4, 0.5) is 11.4 Å². The van der Waals surface area contributed by atoms with Gasteiger partial charge in [-0.3, -0.25) is 4.79 Å². The van der Waals surface area contributed by atoms with E-state index in [1.165, 1.54) is 11.3 Å². The highest BCUT2D eigenvalue weighted by Crippen LogP contribution is 2.37. The van der Waals surface area contributed by atoms with Crippen LogP contribution in [0.2, 0.25) is 9.36 Å². The predicted octanol–water partition coefficient (Wildman–Crippen LogP) is 7.49. The van der Waals surface area contributed by atoms with Gasteiger partial charge in [-0.25, -0.2) is 0 Å². The van der Waals surface area contributed by atoms with Gasteiger partial charge in [0.1, 0.15) is 4.34 Å². The number of carbonyl (C=O) groups excluding carboxylic acids is 1. The average molecular weight is 412 g/mol. The number of benzene rings is 3. The van der Waals surface area contributed by atoms with Crippen molar-refractivity contribution in [2.75, 3.05) is 5.32 Å². The second-order valence-corrected chi connectivity index (χ2v) is 8.27. The Morgan fingerprint density at radius 1 is 0.963 bits per heavy atom. The van der Waals surface area contributed by atoms with Gasteiger partial charge in [0.2, 0.25) is 0 Å². The molecule has 0 spiro atoms. The van der Waals surface area contributed by atoms with Gasteiger partial charge in [-0.15, -0.1) is 11.3 Å². The normalized spacial score (nSPS) is 10.9. The van der Waals surface area contributed by atoms with E-state index < -0.39 is 0 Å². The molecule has 0 bridgehead atoms. The van der Waals surface area contributed by atoms with Crippen LogP contribution in [0.25, 0.3) is 10.1 Å². The van der Waals surface area contributed by atoms with Crippen LogP contribution in [-0.4, -0.2) is 5.78 Å². The minimum absolute atomic E-state index is 0.162. The van der Waals surface area contributed by atoms with Gasteiger partial charge in [0.15, 0.2) is 5.78 Å². The number of fused-ring (bicyclic) bond motifs is 1. The molecule has 0 radical (unpaired) electrons. The van der Waals surface area contributed by atoms with E-state index in [2.05, 4.69) is 5.32 Å². The monoisotopic (exact) mass is 411 g/mol. The van der Waals surface area contributed by atoms with E-state index in [9.17, 15) is 4.79 Å². The van der Waals surface area contributed by atoms with Gasteiger partial charge in [-0.1, -0.05) is 59.6 Å². The van der Waals surface area contributed by atoms with Gasteiger partial charge in [0.05, 0.1) is 10.6 Å². The zero-order valence-electron chi connectivity index (χ0n) is 14.4. The molecule has 2 nitrogen and oxygen atoms in total. The molecule has 1 heterocycles. The number of anilines is 2. The van der Waals surface area contributed by atoms with E-state index in [0.29, 0.717) is 20.5 Å². The highest BCUT2D eigenvalue weighted by atomic mass is 35.5. The van der Waals surface area contributed by atoms with Crippen molar-refractivity contribution < 1.29 is 4.79 Å². The van der Waals surface area contributed by atoms with Crippen LogP contribution in [0.15, 0.2) is 66.7 Å². The van der Waals surface area contributed by atoms with Crippen molar-refractivity contribution in [1.29, 1.82) is 0 Å². The van der Waals surface area contributed by atoms with Gasteiger partial charge in [-0.05, 0) is 42.8 Å². The predicted molar refractivity (Wildman–Crippen MR) is 116 cm³/mol. The Balaban J connectivity index is 1.69. The molecule has 1 N–H and O–H groups in total. The second kappa shape index (κ2) is 7.35. The van der Waals surface area contributed by atoms with Crippen molar-refractivity contribution in [1.82, 2.24) is 0 Å². The van der Waals surface area contributed by atoms with E-state index in [1.807, 2.05) is 61.5 Å². The minimum Gasteiger partial charge on any atom is -0.355 e. The van der Waals surface area contributed by atoms with Crippen molar-refractivity contribution in [3.8, 4) is 0 Å². The van der Waals surface area contributed by atoms with Gasteiger partial charge < -0.3 is 5.32 Å². The number of thiophene rings is 1. The fourth-order valence-corrected chi connectivity index (χ4v) is 4.64. The molecule has 0 fully saturated rings. The fraction of sp³-hybridized carbons (Fsp3) is 0.0455. The van der Waals surface area contributed by atoms with E-state index in [4.69, 9.17) is 23.2 Å². The largest absolute Gasteiger partial charge is 0.355 e. The highest BCUT2D eigenvalue weighted by molar-refractivity contribution is 7.23. The molecule has 0 amide bonds. The Morgan fingerprint density at radius 3 is 2.48 bits per heavy atom. The Labute approximate surface area is 171 Å². The molecule has 0 aliphatic heterocycles. The molecule has 3 aromatic carbocycles.